The topological polar surface area (TPSA) is 49.4 Å². The number of hydrogen-bond donors (Lipinski definition) is 1. The van der Waals surface area contributed by atoms with Gasteiger partial charge in [-0.1, -0.05) is 68.3 Å². The van der Waals surface area contributed by atoms with Crippen molar-refractivity contribution in [2.24, 2.45) is 0 Å². The van der Waals surface area contributed by atoms with Crippen molar-refractivity contribution in [1.82, 2.24) is 4.90 Å². The molecule has 1 atom stereocenters. The molecule has 2 aliphatic heterocycles. The molecule has 0 aromatic heterocycles. The van der Waals surface area contributed by atoms with Crippen LogP contribution in [0.25, 0.3) is 0 Å². The Bertz CT molecular complexity index is 955. The van der Waals surface area contributed by atoms with E-state index in [9.17, 15) is 9.59 Å². The van der Waals surface area contributed by atoms with Crippen molar-refractivity contribution in [3.05, 3.63) is 64.2 Å². The van der Waals surface area contributed by atoms with Crippen LogP contribution in [-0.4, -0.2) is 35.7 Å². The molecule has 4 nitrogen and oxygen atoms in total. The molecule has 0 spiro atoms. The molecule has 0 bridgehead atoms. The lowest BCUT2D eigenvalue weighted by molar-refractivity contribution is -0.117. The molecule has 1 unspecified atom stereocenters. The highest BCUT2D eigenvalue weighted by molar-refractivity contribution is 6.35. The summed E-state index contributed by atoms with van der Waals surface area (Å²) < 4.78 is 0. The van der Waals surface area contributed by atoms with E-state index >= 15 is 0 Å². The highest BCUT2D eigenvalue weighted by atomic mass is 35.5. The number of piperidine rings is 1. The van der Waals surface area contributed by atoms with E-state index < -0.39 is 0 Å². The molecule has 2 aromatic carbocycles. The van der Waals surface area contributed by atoms with Crippen molar-refractivity contribution >= 4 is 29.0 Å². The molecule has 1 saturated heterocycles. The first-order chi connectivity index (χ1) is 14.3. The molecule has 2 heterocycles. The number of fused-ring (bicyclic) bond motifs is 1. The fourth-order valence-electron chi connectivity index (χ4n) is 4.87. The molecule has 0 saturated carbocycles. The summed E-state index contributed by atoms with van der Waals surface area (Å²) >= 11 is 6.49. The summed E-state index contributed by atoms with van der Waals surface area (Å²) in [6.07, 6.45) is 4.72. The summed E-state index contributed by atoms with van der Waals surface area (Å²) in [6, 6.07) is 14.5. The van der Waals surface area contributed by atoms with Crippen LogP contribution in [0.15, 0.2) is 42.5 Å². The van der Waals surface area contributed by atoms with Crippen LogP contribution in [0.5, 0.6) is 0 Å². The second-order valence-electron chi connectivity index (χ2n) is 9.19. The van der Waals surface area contributed by atoms with E-state index in [1.54, 1.807) is 6.07 Å². The van der Waals surface area contributed by atoms with E-state index in [2.05, 4.69) is 34.5 Å². The second kappa shape index (κ2) is 8.52. The molecular formula is C25H29ClN2O2. The van der Waals surface area contributed by atoms with Gasteiger partial charge in [0.15, 0.2) is 5.78 Å². The molecule has 4 rings (SSSR count). The Morgan fingerprint density at radius 3 is 2.70 bits per heavy atom. The van der Waals surface area contributed by atoms with E-state index in [0.717, 1.165) is 31.4 Å². The Kier molecular flexibility index (Phi) is 5.99. The Labute approximate surface area is 183 Å². The van der Waals surface area contributed by atoms with Crippen LogP contribution in [0, 0.1) is 0 Å². The lowest BCUT2D eigenvalue weighted by Crippen LogP contribution is -2.44. The summed E-state index contributed by atoms with van der Waals surface area (Å²) in [6.45, 7) is 5.30. The molecule has 5 heteroatoms. The molecule has 158 valence electrons. The fraction of sp³-hybridized carbons (Fsp3) is 0.440. The summed E-state index contributed by atoms with van der Waals surface area (Å²) in [5, 5.41) is 3.34. The standard InChI is InChI=1S/C25H29ClN2O2/c1-25(2)15-22(30)27-24-19(25)11-12-20(26)23(24)21(29)16-28-13-7-6-10-18(28)14-17-8-4-3-5-9-17/h3-5,8-9,11-12,18H,6-7,10,13-16H2,1-2H3,(H,27,30). The first-order valence-corrected chi connectivity index (χ1v) is 11.2. The average Bonchev–Trinajstić information content (AvgIpc) is 2.69. The van der Waals surface area contributed by atoms with Gasteiger partial charge in [0.25, 0.3) is 0 Å². The van der Waals surface area contributed by atoms with Gasteiger partial charge >= 0.3 is 0 Å². The average molecular weight is 425 g/mol. The van der Waals surface area contributed by atoms with Gasteiger partial charge in [0.2, 0.25) is 5.91 Å². The van der Waals surface area contributed by atoms with Gasteiger partial charge in [0.1, 0.15) is 0 Å². The number of amides is 1. The SMILES string of the molecule is CC1(C)CC(=O)Nc2c1ccc(Cl)c2C(=O)CN1CCCCC1Cc1ccccc1. The molecule has 1 amide bonds. The van der Waals surface area contributed by atoms with Crippen molar-refractivity contribution in [3.63, 3.8) is 0 Å². The van der Waals surface area contributed by atoms with Crippen molar-refractivity contribution in [1.29, 1.82) is 0 Å². The molecule has 0 radical (unpaired) electrons. The smallest absolute Gasteiger partial charge is 0.225 e. The quantitative estimate of drug-likeness (QED) is 0.667. The van der Waals surface area contributed by atoms with Gasteiger partial charge in [-0.05, 0) is 43.0 Å². The van der Waals surface area contributed by atoms with Gasteiger partial charge in [-0.15, -0.1) is 0 Å². The fourth-order valence-corrected chi connectivity index (χ4v) is 5.14. The maximum absolute atomic E-state index is 13.4. The van der Waals surface area contributed by atoms with Gasteiger partial charge in [-0.3, -0.25) is 14.5 Å². The minimum Gasteiger partial charge on any atom is -0.325 e. The second-order valence-corrected chi connectivity index (χ2v) is 9.59. The van der Waals surface area contributed by atoms with Crippen molar-refractivity contribution < 1.29 is 9.59 Å². The van der Waals surface area contributed by atoms with E-state index in [0.29, 0.717) is 35.3 Å². The number of nitrogens with one attached hydrogen (secondary N) is 1. The highest BCUT2D eigenvalue weighted by Gasteiger charge is 2.36. The number of ketones is 1. The van der Waals surface area contributed by atoms with Crippen LogP contribution in [0.3, 0.4) is 0 Å². The first-order valence-electron chi connectivity index (χ1n) is 10.8. The van der Waals surface area contributed by atoms with Crippen LogP contribution in [0.4, 0.5) is 5.69 Å². The minimum absolute atomic E-state index is 0.0187. The monoisotopic (exact) mass is 424 g/mol. The van der Waals surface area contributed by atoms with Crippen molar-refractivity contribution in [2.75, 3.05) is 18.4 Å². The van der Waals surface area contributed by atoms with Crippen molar-refractivity contribution in [3.8, 4) is 0 Å². The summed E-state index contributed by atoms with van der Waals surface area (Å²) in [5.41, 5.74) is 3.02. The largest absolute Gasteiger partial charge is 0.325 e. The number of benzene rings is 2. The third kappa shape index (κ3) is 4.30. The molecule has 2 aromatic rings. The summed E-state index contributed by atoms with van der Waals surface area (Å²) in [4.78, 5) is 28.0. The Balaban J connectivity index is 1.59. The molecule has 1 N–H and O–H groups in total. The maximum Gasteiger partial charge on any atom is 0.225 e. The number of likely N-dealkylation sites (tertiary alicyclic amines) is 1. The number of halogens is 1. The lowest BCUT2D eigenvalue weighted by Gasteiger charge is -2.36. The van der Waals surface area contributed by atoms with Gasteiger partial charge < -0.3 is 5.32 Å². The lowest BCUT2D eigenvalue weighted by atomic mass is 9.76. The third-order valence-electron chi connectivity index (χ3n) is 6.44. The van der Waals surface area contributed by atoms with Crippen LogP contribution < -0.4 is 5.32 Å². The third-order valence-corrected chi connectivity index (χ3v) is 6.75. The first kappa shape index (κ1) is 21.1. The van der Waals surface area contributed by atoms with Crippen LogP contribution >= 0.6 is 11.6 Å². The molecule has 30 heavy (non-hydrogen) atoms. The zero-order chi connectivity index (χ0) is 21.3. The number of carbonyl (C=O) groups is 2. The van der Waals surface area contributed by atoms with E-state index in [1.807, 2.05) is 26.0 Å². The van der Waals surface area contributed by atoms with Crippen molar-refractivity contribution in [2.45, 2.75) is 57.4 Å². The van der Waals surface area contributed by atoms with Gasteiger partial charge in [0, 0.05) is 17.9 Å². The highest BCUT2D eigenvalue weighted by Crippen LogP contribution is 2.41. The Hall–Kier alpha value is -2.17. The molecule has 1 fully saturated rings. The molecular weight excluding hydrogens is 396 g/mol. The molecule has 0 aliphatic carbocycles. The maximum atomic E-state index is 13.4. The number of nitrogens with zero attached hydrogens (tertiary/aromatic N) is 1. The predicted molar refractivity (Wildman–Crippen MR) is 121 cm³/mol. The summed E-state index contributed by atoms with van der Waals surface area (Å²) in [5.74, 6) is -0.0847. The zero-order valence-electron chi connectivity index (χ0n) is 17.7. The Morgan fingerprint density at radius 2 is 1.93 bits per heavy atom. The Morgan fingerprint density at radius 1 is 1.17 bits per heavy atom. The number of carbonyl (C=O) groups excluding carboxylic acids is 2. The minimum atomic E-state index is -0.321. The van der Waals surface area contributed by atoms with Gasteiger partial charge in [-0.2, -0.15) is 0 Å². The number of Topliss-reactive ketones (excluding diaryl/α,β-unsaturated/α-hetero) is 1. The van der Waals surface area contributed by atoms with E-state index in [4.69, 9.17) is 11.6 Å². The van der Waals surface area contributed by atoms with Crippen LogP contribution in [0.2, 0.25) is 5.02 Å². The molecule has 2 aliphatic rings. The summed E-state index contributed by atoms with van der Waals surface area (Å²) in [7, 11) is 0. The zero-order valence-corrected chi connectivity index (χ0v) is 18.5. The number of anilines is 1. The van der Waals surface area contributed by atoms with Crippen LogP contribution in [0.1, 0.15) is 61.0 Å². The predicted octanol–water partition coefficient (Wildman–Crippen LogP) is 5.24. The number of hydrogen-bond acceptors (Lipinski definition) is 3. The van der Waals surface area contributed by atoms with Gasteiger partial charge in [0.05, 0.1) is 22.8 Å². The normalized spacial score (nSPS) is 21.0. The van der Waals surface area contributed by atoms with Gasteiger partial charge in [-0.25, -0.2) is 0 Å². The van der Waals surface area contributed by atoms with E-state index in [1.165, 1.54) is 12.0 Å². The number of rotatable bonds is 5. The van der Waals surface area contributed by atoms with Crippen LogP contribution in [-0.2, 0) is 16.6 Å². The van der Waals surface area contributed by atoms with E-state index in [-0.39, 0.29) is 17.1 Å².